The van der Waals surface area contributed by atoms with Crippen molar-refractivity contribution in [3.05, 3.63) is 69.9 Å². The lowest BCUT2D eigenvalue weighted by Gasteiger charge is -2.17. The Morgan fingerprint density at radius 1 is 1.21 bits per heavy atom. The standard InChI is InChI=1S/C15H13BrFNO/c1-18(10-11-3-2-4-13(16)9-11)15(19)12-5-7-14(17)8-6-12/h2-9H,10H2,1H3. The molecule has 2 aromatic rings. The van der Waals surface area contributed by atoms with E-state index in [9.17, 15) is 9.18 Å². The lowest BCUT2D eigenvalue weighted by molar-refractivity contribution is 0.0785. The van der Waals surface area contributed by atoms with Crippen molar-refractivity contribution < 1.29 is 9.18 Å². The quantitative estimate of drug-likeness (QED) is 0.840. The van der Waals surface area contributed by atoms with E-state index < -0.39 is 0 Å². The molecule has 1 amide bonds. The molecule has 0 radical (unpaired) electrons. The topological polar surface area (TPSA) is 20.3 Å². The monoisotopic (exact) mass is 321 g/mol. The zero-order valence-electron chi connectivity index (χ0n) is 10.4. The van der Waals surface area contributed by atoms with Crippen LogP contribution < -0.4 is 0 Å². The van der Waals surface area contributed by atoms with Gasteiger partial charge >= 0.3 is 0 Å². The maximum Gasteiger partial charge on any atom is 0.253 e. The molecular weight excluding hydrogens is 309 g/mol. The molecule has 0 aliphatic carbocycles. The Morgan fingerprint density at radius 2 is 1.89 bits per heavy atom. The lowest BCUT2D eigenvalue weighted by atomic mass is 10.1. The van der Waals surface area contributed by atoms with Gasteiger partial charge in [-0.05, 0) is 42.0 Å². The van der Waals surface area contributed by atoms with Crippen LogP contribution in [0.15, 0.2) is 53.0 Å². The number of benzene rings is 2. The molecule has 0 N–H and O–H groups in total. The molecule has 0 atom stereocenters. The Bertz CT molecular complexity index is 583. The summed E-state index contributed by atoms with van der Waals surface area (Å²) >= 11 is 3.40. The Labute approximate surface area is 120 Å². The highest BCUT2D eigenvalue weighted by Gasteiger charge is 2.12. The molecule has 2 rings (SSSR count). The molecule has 0 unspecified atom stereocenters. The highest BCUT2D eigenvalue weighted by Crippen LogP contribution is 2.14. The van der Waals surface area contributed by atoms with Gasteiger partial charge in [-0.25, -0.2) is 4.39 Å². The normalized spacial score (nSPS) is 10.3. The van der Waals surface area contributed by atoms with Crippen LogP contribution in [0.2, 0.25) is 0 Å². The van der Waals surface area contributed by atoms with Gasteiger partial charge < -0.3 is 4.90 Å². The van der Waals surface area contributed by atoms with E-state index in [1.54, 1.807) is 11.9 Å². The first-order valence-electron chi connectivity index (χ1n) is 5.82. The fourth-order valence-electron chi connectivity index (χ4n) is 1.79. The summed E-state index contributed by atoms with van der Waals surface area (Å²) in [5.41, 5.74) is 1.52. The molecule has 0 bridgehead atoms. The summed E-state index contributed by atoms with van der Waals surface area (Å²) in [5.74, 6) is -0.467. The van der Waals surface area contributed by atoms with Gasteiger partial charge in [0, 0.05) is 23.6 Å². The lowest BCUT2D eigenvalue weighted by Crippen LogP contribution is -2.26. The van der Waals surface area contributed by atoms with Gasteiger partial charge in [-0.1, -0.05) is 28.1 Å². The fourth-order valence-corrected chi connectivity index (χ4v) is 2.24. The van der Waals surface area contributed by atoms with Crippen LogP contribution in [0.25, 0.3) is 0 Å². The predicted octanol–water partition coefficient (Wildman–Crippen LogP) is 3.86. The van der Waals surface area contributed by atoms with Gasteiger partial charge in [0.25, 0.3) is 5.91 Å². The largest absolute Gasteiger partial charge is 0.337 e. The number of rotatable bonds is 3. The number of halogens is 2. The van der Waals surface area contributed by atoms with Crippen LogP contribution in [0.1, 0.15) is 15.9 Å². The number of hydrogen-bond donors (Lipinski definition) is 0. The fraction of sp³-hybridized carbons (Fsp3) is 0.133. The van der Waals surface area contributed by atoms with Crippen LogP contribution in [-0.2, 0) is 6.54 Å². The first-order chi connectivity index (χ1) is 9.06. The average molecular weight is 322 g/mol. The summed E-state index contributed by atoms with van der Waals surface area (Å²) in [5, 5.41) is 0. The van der Waals surface area contributed by atoms with Crippen LogP contribution in [0.5, 0.6) is 0 Å². The van der Waals surface area contributed by atoms with Crippen molar-refractivity contribution in [3.8, 4) is 0 Å². The average Bonchev–Trinajstić information content (AvgIpc) is 2.39. The van der Waals surface area contributed by atoms with E-state index in [1.165, 1.54) is 24.3 Å². The van der Waals surface area contributed by atoms with Crippen molar-refractivity contribution in [2.24, 2.45) is 0 Å². The molecule has 0 saturated carbocycles. The van der Waals surface area contributed by atoms with E-state index in [0.717, 1.165) is 10.0 Å². The first kappa shape index (κ1) is 13.7. The highest BCUT2D eigenvalue weighted by atomic mass is 79.9. The summed E-state index contributed by atoms with van der Waals surface area (Å²) < 4.78 is 13.8. The molecule has 0 aromatic heterocycles. The zero-order valence-corrected chi connectivity index (χ0v) is 12.0. The molecule has 0 fully saturated rings. The van der Waals surface area contributed by atoms with Crippen molar-refractivity contribution >= 4 is 21.8 Å². The Kier molecular flexibility index (Phi) is 4.32. The summed E-state index contributed by atoms with van der Waals surface area (Å²) in [4.78, 5) is 13.7. The van der Waals surface area contributed by atoms with Gasteiger partial charge in [0.05, 0.1) is 0 Å². The second-order valence-electron chi connectivity index (χ2n) is 4.30. The number of nitrogens with zero attached hydrogens (tertiary/aromatic N) is 1. The van der Waals surface area contributed by atoms with E-state index in [-0.39, 0.29) is 11.7 Å². The van der Waals surface area contributed by atoms with Gasteiger partial charge in [0.15, 0.2) is 0 Å². The molecule has 2 aromatic carbocycles. The van der Waals surface area contributed by atoms with E-state index in [4.69, 9.17) is 0 Å². The smallest absolute Gasteiger partial charge is 0.253 e. The minimum absolute atomic E-state index is 0.125. The van der Waals surface area contributed by atoms with Crippen molar-refractivity contribution in [1.29, 1.82) is 0 Å². The molecule has 0 aliphatic rings. The first-order valence-corrected chi connectivity index (χ1v) is 6.61. The Balaban J connectivity index is 2.09. The second-order valence-corrected chi connectivity index (χ2v) is 5.21. The summed E-state index contributed by atoms with van der Waals surface area (Å²) in [7, 11) is 1.73. The van der Waals surface area contributed by atoms with E-state index in [0.29, 0.717) is 12.1 Å². The van der Waals surface area contributed by atoms with Crippen molar-refractivity contribution in [2.45, 2.75) is 6.54 Å². The molecule has 2 nitrogen and oxygen atoms in total. The molecule has 98 valence electrons. The molecular formula is C15H13BrFNO. The third kappa shape index (κ3) is 3.64. The van der Waals surface area contributed by atoms with Crippen LogP contribution >= 0.6 is 15.9 Å². The Hall–Kier alpha value is -1.68. The number of carbonyl (C=O) groups is 1. The number of amides is 1. The number of hydrogen-bond acceptors (Lipinski definition) is 1. The van der Waals surface area contributed by atoms with E-state index in [1.807, 2.05) is 24.3 Å². The van der Waals surface area contributed by atoms with Gasteiger partial charge in [-0.2, -0.15) is 0 Å². The van der Waals surface area contributed by atoms with Crippen molar-refractivity contribution in [1.82, 2.24) is 4.90 Å². The van der Waals surface area contributed by atoms with Crippen LogP contribution in [0, 0.1) is 5.82 Å². The number of carbonyl (C=O) groups excluding carboxylic acids is 1. The van der Waals surface area contributed by atoms with Crippen LogP contribution in [0.3, 0.4) is 0 Å². The minimum atomic E-state index is -0.341. The van der Waals surface area contributed by atoms with E-state index in [2.05, 4.69) is 15.9 Å². The molecule has 19 heavy (non-hydrogen) atoms. The summed E-state index contributed by atoms with van der Waals surface area (Å²) in [6.07, 6.45) is 0. The SMILES string of the molecule is CN(Cc1cccc(Br)c1)C(=O)c1ccc(F)cc1. The van der Waals surface area contributed by atoms with Gasteiger partial charge in [0.1, 0.15) is 5.82 Å². The molecule has 0 aliphatic heterocycles. The Morgan fingerprint density at radius 3 is 2.53 bits per heavy atom. The third-order valence-electron chi connectivity index (χ3n) is 2.75. The molecule has 0 spiro atoms. The van der Waals surface area contributed by atoms with Gasteiger partial charge in [-0.15, -0.1) is 0 Å². The summed E-state index contributed by atoms with van der Waals surface area (Å²) in [6, 6.07) is 13.4. The van der Waals surface area contributed by atoms with Gasteiger partial charge in [0.2, 0.25) is 0 Å². The molecule has 0 heterocycles. The molecule has 4 heteroatoms. The third-order valence-corrected chi connectivity index (χ3v) is 3.24. The zero-order chi connectivity index (χ0) is 13.8. The van der Waals surface area contributed by atoms with Crippen molar-refractivity contribution in [3.63, 3.8) is 0 Å². The van der Waals surface area contributed by atoms with Gasteiger partial charge in [-0.3, -0.25) is 4.79 Å². The second kappa shape index (κ2) is 5.97. The van der Waals surface area contributed by atoms with Crippen molar-refractivity contribution in [2.75, 3.05) is 7.05 Å². The van der Waals surface area contributed by atoms with Crippen LogP contribution in [0.4, 0.5) is 4.39 Å². The summed E-state index contributed by atoms with van der Waals surface area (Å²) in [6.45, 7) is 0.510. The van der Waals surface area contributed by atoms with E-state index >= 15 is 0 Å². The maximum atomic E-state index is 12.8. The highest BCUT2D eigenvalue weighted by molar-refractivity contribution is 9.10. The minimum Gasteiger partial charge on any atom is -0.337 e. The maximum absolute atomic E-state index is 12.8. The molecule has 0 saturated heterocycles. The predicted molar refractivity (Wildman–Crippen MR) is 76.3 cm³/mol. The van der Waals surface area contributed by atoms with Crippen LogP contribution in [-0.4, -0.2) is 17.9 Å².